The Labute approximate surface area is 174 Å². The van der Waals surface area contributed by atoms with Gasteiger partial charge in [0.15, 0.2) is 5.78 Å². The van der Waals surface area contributed by atoms with Crippen LogP contribution in [-0.2, 0) is 9.59 Å². The topological polar surface area (TPSA) is 80.4 Å². The summed E-state index contributed by atoms with van der Waals surface area (Å²) in [7, 11) is 2.50. The number of hydrogen-bond acceptors (Lipinski definition) is 4. The molecule has 3 unspecified atom stereocenters. The third kappa shape index (κ3) is 3.53. The van der Waals surface area contributed by atoms with Crippen LogP contribution in [0.3, 0.4) is 0 Å². The van der Waals surface area contributed by atoms with Crippen molar-refractivity contribution in [3.8, 4) is 0 Å². The van der Waals surface area contributed by atoms with Crippen LogP contribution in [0.1, 0.15) is 59.3 Å². The average Bonchev–Trinajstić information content (AvgIpc) is 3.04. The SMILES string of the molecule is CC(=O)C1CCC2[C@@H]3C=C(Cl)C4=CC(=O)CC[C@]4(C)C3CC[C@]12C.CN.CO. The summed E-state index contributed by atoms with van der Waals surface area (Å²) in [5.41, 5.74) is 5.73. The number of nitrogens with two attached hydrogens (primary N) is 1. The number of carbonyl (C=O) groups excluding carboxylic acids is 2. The molecular formula is C23H36ClNO3. The quantitative estimate of drug-likeness (QED) is 0.678. The number of aliphatic hydroxyl groups is 1. The van der Waals surface area contributed by atoms with E-state index >= 15 is 0 Å². The van der Waals surface area contributed by atoms with E-state index < -0.39 is 0 Å². The number of fused-ring (bicyclic) bond motifs is 5. The van der Waals surface area contributed by atoms with Crippen molar-refractivity contribution in [2.45, 2.75) is 59.3 Å². The van der Waals surface area contributed by atoms with E-state index in [1.54, 1.807) is 13.0 Å². The molecule has 3 N–H and O–H groups in total. The zero-order chi connectivity index (χ0) is 21.3. The molecule has 4 aliphatic carbocycles. The summed E-state index contributed by atoms with van der Waals surface area (Å²) in [5.74, 6) is 2.35. The molecule has 5 heteroatoms. The standard InChI is InChI=1S/C21H27ClO2.CH5N.CH4O/c1-12(23)15-4-5-16-14-11-19(22)18-10-13(24)6-8-21(18,3)17(14)7-9-20(15,16)2;2*1-2/h10-11,14-17H,4-9H2,1-3H3;2H2,1H3;2H,1H3/t14-,15?,16?,17?,20+,21+;;/m0../s1. The highest BCUT2D eigenvalue weighted by Crippen LogP contribution is 2.66. The van der Waals surface area contributed by atoms with Gasteiger partial charge in [-0.05, 0) is 86.3 Å². The van der Waals surface area contributed by atoms with Gasteiger partial charge in [-0.25, -0.2) is 0 Å². The Kier molecular flexibility index (Phi) is 7.33. The number of ketones is 2. The number of Topliss-reactive ketones (excluding diaryl/α,β-unsaturated/α-hetero) is 1. The van der Waals surface area contributed by atoms with Crippen LogP contribution in [0, 0.1) is 34.5 Å². The second kappa shape index (κ2) is 8.81. The number of aliphatic hydroxyl groups excluding tert-OH is 1. The Morgan fingerprint density at radius 2 is 1.79 bits per heavy atom. The van der Waals surface area contributed by atoms with E-state index in [1.807, 2.05) is 0 Å². The number of hydrogen-bond donors (Lipinski definition) is 2. The van der Waals surface area contributed by atoms with Crippen molar-refractivity contribution in [2.24, 2.45) is 40.2 Å². The van der Waals surface area contributed by atoms with Crippen LogP contribution in [0.15, 0.2) is 22.8 Å². The van der Waals surface area contributed by atoms with Gasteiger partial charge < -0.3 is 10.8 Å². The fourth-order valence-corrected chi connectivity index (χ4v) is 7.16. The molecule has 6 atom stereocenters. The summed E-state index contributed by atoms with van der Waals surface area (Å²) in [5, 5.41) is 7.79. The number of rotatable bonds is 1. The molecular weight excluding hydrogens is 374 g/mol. The molecule has 0 amide bonds. The Balaban J connectivity index is 0.000000660. The lowest BCUT2D eigenvalue weighted by molar-refractivity contribution is -0.127. The van der Waals surface area contributed by atoms with Gasteiger partial charge in [-0.3, -0.25) is 9.59 Å². The molecule has 4 aliphatic rings. The molecule has 0 aromatic heterocycles. The number of halogens is 1. The van der Waals surface area contributed by atoms with Crippen LogP contribution in [0.4, 0.5) is 0 Å². The van der Waals surface area contributed by atoms with Gasteiger partial charge >= 0.3 is 0 Å². The molecule has 0 spiro atoms. The summed E-state index contributed by atoms with van der Waals surface area (Å²) >= 11 is 6.67. The third-order valence-corrected chi connectivity index (χ3v) is 8.38. The first-order valence-electron chi connectivity index (χ1n) is 10.4. The predicted molar refractivity (Wildman–Crippen MR) is 114 cm³/mol. The van der Waals surface area contributed by atoms with Crippen molar-refractivity contribution in [3.05, 3.63) is 22.8 Å². The minimum Gasteiger partial charge on any atom is -0.400 e. The maximum absolute atomic E-state index is 12.2. The second-order valence-electron chi connectivity index (χ2n) is 9.03. The summed E-state index contributed by atoms with van der Waals surface area (Å²) in [6.07, 6.45) is 10.0. The minimum absolute atomic E-state index is 0.0278. The maximum atomic E-state index is 12.2. The summed E-state index contributed by atoms with van der Waals surface area (Å²) < 4.78 is 0. The fraction of sp³-hybridized carbons (Fsp3) is 0.739. The molecule has 4 nitrogen and oxygen atoms in total. The largest absolute Gasteiger partial charge is 0.400 e. The van der Waals surface area contributed by atoms with Crippen LogP contribution < -0.4 is 5.73 Å². The first-order chi connectivity index (χ1) is 13.3. The number of carbonyl (C=O) groups is 2. The lowest BCUT2D eigenvalue weighted by atomic mass is 9.48. The first kappa shape index (κ1) is 23.3. The molecule has 28 heavy (non-hydrogen) atoms. The Morgan fingerprint density at radius 3 is 2.39 bits per heavy atom. The highest BCUT2D eigenvalue weighted by Gasteiger charge is 2.59. The minimum atomic E-state index is 0.0278. The second-order valence-corrected chi connectivity index (χ2v) is 9.44. The molecule has 0 bridgehead atoms. The van der Waals surface area contributed by atoms with Crippen molar-refractivity contribution in [1.82, 2.24) is 0 Å². The van der Waals surface area contributed by atoms with Crippen LogP contribution in [-0.4, -0.2) is 30.8 Å². The van der Waals surface area contributed by atoms with Crippen molar-refractivity contribution >= 4 is 23.2 Å². The Morgan fingerprint density at radius 1 is 1.14 bits per heavy atom. The molecule has 0 aromatic carbocycles. The zero-order valence-electron chi connectivity index (χ0n) is 17.9. The average molecular weight is 410 g/mol. The molecule has 2 fully saturated rings. The van der Waals surface area contributed by atoms with Crippen LogP contribution in [0.5, 0.6) is 0 Å². The Bertz CT molecular complexity index is 685. The molecule has 0 heterocycles. The normalized spacial score (nSPS) is 40.9. The highest BCUT2D eigenvalue weighted by molar-refractivity contribution is 6.32. The van der Waals surface area contributed by atoms with Gasteiger partial charge in [0.25, 0.3) is 0 Å². The summed E-state index contributed by atoms with van der Waals surface area (Å²) in [6.45, 7) is 6.42. The molecule has 0 aliphatic heterocycles. The van der Waals surface area contributed by atoms with Gasteiger partial charge in [-0.15, -0.1) is 0 Å². The van der Waals surface area contributed by atoms with Crippen molar-refractivity contribution in [1.29, 1.82) is 0 Å². The fourth-order valence-electron chi connectivity index (χ4n) is 6.74. The Hall–Kier alpha value is -0.970. The van der Waals surface area contributed by atoms with Gasteiger partial charge in [0.05, 0.1) is 0 Å². The highest BCUT2D eigenvalue weighted by atomic mass is 35.5. The summed E-state index contributed by atoms with van der Waals surface area (Å²) in [6, 6.07) is 0. The summed E-state index contributed by atoms with van der Waals surface area (Å²) in [4.78, 5) is 24.1. The molecule has 158 valence electrons. The van der Waals surface area contributed by atoms with E-state index in [2.05, 4.69) is 25.7 Å². The predicted octanol–water partition coefficient (Wildman–Crippen LogP) is 4.25. The van der Waals surface area contributed by atoms with Crippen LogP contribution >= 0.6 is 11.6 Å². The monoisotopic (exact) mass is 409 g/mol. The van der Waals surface area contributed by atoms with Crippen molar-refractivity contribution in [3.63, 3.8) is 0 Å². The van der Waals surface area contributed by atoms with E-state index in [9.17, 15) is 9.59 Å². The van der Waals surface area contributed by atoms with E-state index in [1.165, 1.54) is 7.05 Å². The number of allylic oxidation sites excluding steroid dienone is 4. The molecule has 0 radical (unpaired) electrons. The van der Waals surface area contributed by atoms with Crippen LogP contribution in [0.25, 0.3) is 0 Å². The van der Waals surface area contributed by atoms with Gasteiger partial charge in [-0.2, -0.15) is 0 Å². The van der Waals surface area contributed by atoms with E-state index in [4.69, 9.17) is 16.7 Å². The maximum Gasteiger partial charge on any atom is 0.156 e. The first-order valence-corrected chi connectivity index (χ1v) is 10.8. The zero-order valence-corrected chi connectivity index (χ0v) is 18.7. The van der Waals surface area contributed by atoms with E-state index in [-0.39, 0.29) is 22.5 Å². The van der Waals surface area contributed by atoms with Crippen molar-refractivity contribution < 1.29 is 14.7 Å². The van der Waals surface area contributed by atoms with Crippen molar-refractivity contribution in [2.75, 3.05) is 14.2 Å². The molecule has 4 rings (SSSR count). The van der Waals surface area contributed by atoms with E-state index in [0.29, 0.717) is 30.0 Å². The molecule has 0 saturated heterocycles. The van der Waals surface area contributed by atoms with Gasteiger partial charge in [0, 0.05) is 24.5 Å². The third-order valence-electron chi connectivity index (χ3n) is 8.05. The van der Waals surface area contributed by atoms with Crippen LogP contribution in [0.2, 0.25) is 0 Å². The molecule has 0 aromatic rings. The van der Waals surface area contributed by atoms with Gasteiger partial charge in [-0.1, -0.05) is 31.5 Å². The molecule has 2 saturated carbocycles. The van der Waals surface area contributed by atoms with Gasteiger partial charge in [0.2, 0.25) is 0 Å². The lowest BCUT2D eigenvalue weighted by Crippen LogP contribution is -2.50. The van der Waals surface area contributed by atoms with E-state index in [0.717, 1.165) is 49.8 Å². The van der Waals surface area contributed by atoms with Gasteiger partial charge in [0.1, 0.15) is 5.78 Å². The lowest BCUT2D eigenvalue weighted by Gasteiger charge is -2.56. The smallest absolute Gasteiger partial charge is 0.156 e.